The first-order valence-corrected chi connectivity index (χ1v) is 11.2. The quantitative estimate of drug-likeness (QED) is 0.633. The lowest BCUT2D eigenvalue weighted by Crippen LogP contribution is -2.49. The summed E-state index contributed by atoms with van der Waals surface area (Å²) in [7, 11) is 0. The Labute approximate surface area is 188 Å². The number of carbonyl (C=O) groups is 2. The normalized spacial score (nSPS) is 16.7. The monoisotopic (exact) mass is 455 g/mol. The van der Waals surface area contributed by atoms with Crippen molar-refractivity contribution in [3.05, 3.63) is 18.2 Å². The molecule has 1 aliphatic carbocycles. The Hall–Kier alpha value is -2.58. The topological polar surface area (TPSA) is 85.1 Å². The highest BCUT2D eigenvalue weighted by molar-refractivity contribution is 5.96. The van der Waals surface area contributed by atoms with Crippen LogP contribution in [-0.4, -0.2) is 55.6 Å². The van der Waals surface area contributed by atoms with Gasteiger partial charge in [-0.15, -0.1) is 0 Å². The van der Waals surface area contributed by atoms with Gasteiger partial charge in [-0.2, -0.15) is 8.78 Å². The average Bonchev–Trinajstić information content (AvgIpc) is 3.21. The Morgan fingerprint density at radius 3 is 2.19 bits per heavy atom. The molecule has 2 N–H and O–H groups in total. The van der Waals surface area contributed by atoms with Crippen LogP contribution >= 0.6 is 0 Å². The number of amides is 2. The van der Waals surface area contributed by atoms with Gasteiger partial charge in [0.25, 0.3) is 0 Å². The average molecular weight is 456 g/mol. The standard InChI is InChI=1S/C19H25F2N3O4.C4H10/c20-19(21)28-15-6-5-13(11-16(15)27-14-3-1-2-4-14)23-7-9-24(10-8-23)18(26)12-17(22)25;1-4(2)3/h5-6,11,14,19H,1-4,7-10,12H2,(H2,22,25);4H,1-3H3. The summed E-state index contributed by atoms with van der Waals surface area (Å²) in [5.74, 6) is 0.256. The van der Waals surface area contributed by atoms with E-state index in [0.717, 1.165) is 37.3 Å². The first-order chi connectivity index (χ1) is 15.2. The van der Waals surface area contributed by atoms with Crippen molar-refractivity contribution >= 4 is 17.5 Å². The van der Waals surface area contributed by atoms with Crippen molar-refractivity contribution in [3.63, 3.8) is 0 Å². The van der Waals surface area contributed by atoms with Gasteiger partial charge in [0.15, 0.2) is 11.5 Å². The van der Waals surface area contributed by atoms with Gasteiger partial charge in [0.05, 0.1) is 6.10 Å². The van der Waals surface area contributed by atoms with Crippen molar-refractivity contribution in [1.29, 1.82) is 0 Å². The number of alkyl halides is 2. The van der Waals surface area contributed by atoms with E-state index in [1.807, 2.05) is 4.90 Å². The van der Waals surface area contributed by atoms with E-state index in [2.05, 4.69) is 25.5 Å². The van der Waals surface area contributed by atoms with Crippen molar-refractivity contribution < 1.29 is 27.8 Å². The summed E-state index contributed by atoms with van der Waals surface area (Å²) in [5.41, 5.74) is 5.89. The molecule has 2 fully saturated rings. The van der Waals surface area contributed by atoms with Crippen LogP contribution in [0.2, 0.25) is 0 Å². The first-order valence-electron chi connectivity index (χ1n) is 11.2. The largest absolute Gasteiger partial charge is 0.486 e. The maximum atomic E-state index is 12.7. The molecule has 1 aromatic carbocycles. The van der Waals surface area contributed by atoms with Gasteiger partial charge in [-0.05, 0) is 43.7 Å². The number of benzene rings is 1. The second kappa shape index (κ2) is 12.5. The molecule has 180 valence electrons. The summed E-state index contributed by atoms with van der Waals surface area (Å²) in [6.45, 7) is 5.61. The fourth-order valence-corrected chi connectivity index (χ4v) is 3.64. The van der Waals surface area contributed by atoms with Gasteiger partial charge >= 0.3 is 6.61 Å². The van der Waals surface area contributed by atoms with Crippen LogP contribution in [0.1, 0.15) is 52.9 Å². The predicted molar refractivity (Wildman–Crippen MR) is 119 cm³/mol. The Kier molecular flexibility index (Phi) is 9.99. The van der Waals surface area contributed by atoms with Crippen molar-refractivity contribution in [1.82, 2.24) is 4.90 Å². The number of anilines is 1. The van der Waals surface area contributed by atoms with Gasteiger partial charge in [-0.3, -0.25) is 9.59 Å². The number of halogens is 2. The number of carbonyl (C=O) groups excluding carboxylic acids is 2. The SMILES string of the molecule is CC(C)C.NC(=O)CC(=O)N1CCN(c2ccc(OC(F)F)c(OC3CCCC3)c2)CC1. The maximum Gasteiger partial charge on any atom is 0.387 e. The summed E-state index contributed by atoms with van der Waals surface area (Å²) in [4.78, 5) is 26.5. The van der Waals surface area contributed by atoms with Crippen LogP contribution < -0.4 is 20.1 Å². The summed E-state index contributed by atoms with van der Waals surface area (Å²) >= 11 is 0. The third-order valence-electron chi connectivity index (χ3n) is 5.06. The Bertz CT molecular complexity index is 744. The number of nitrogens with two attached hydrogens (primary N) is 1. The van der Waals surface area contributed by atoms with Gasteiger partial charge in [0.2, 0.25) is 11.8 Å². The number of primary amides is 1. The highest BCUT2D eigenvalue weighted by atomic mass is 19.3. The van der Waals surface area contributed by atoms with E-state index in [-0.39, 0.29) is 24.2 Å². The van der Waals surface area contributed by atoms with Crippen molar-refractivity contribution in [3.8, 4) is 11.5 Å². The molecule has 0 atom stereocenters. The number of ether oxygens (including phenoxy) is 2. The molecule has 1 saturated carbocycles. The zero-order valence-electron chi connectivity index (χ0n) is 19.2. The van der Waals surface area contributed by atoms with E-state index >= 15 is 0 Å². The van der Waals surface area contributed by atoms with E-state index in [1.165, 1.54) is 6.07 Å². The van der Waals surface area contributed by atoms with E-state index in [9.17, 15) is 18.4 Å². The molecule has 1 saturated heterocycles. The first kappa shape index (κ1) is 25.7. The third kappa shape index (κ3) is 8.51. The van der Waals surface area contributed by atoms with Crippen LogP contribution in [0.4, 0.5) is 14.5 Å². The van der Waals surface area contributed by atoms with Crippen LogP contribution in [0.5, 0.6) is 11.5 Å². The Morgan fingerprint density at radius 2 is 1.66 bits per heavy atom. The van der Waals surface area contributed by atoms with Crippen molar-refractivity contribution in [2.75, 3.05) is 31.1 Å². The molecule has 1 aliphatic heterocycles. The van der Waals surface area contributed by atoms with Crippen molar-refractivity contribution in [2.24, 2.45) is 11.7 Å². The number of piperazine rings is 1. The highest BCUT2D eigenvalue weighted by Crippen LogP contribution is 2.36. The molecule has 2 amide bonds. The second-order valence-electron chi connectivity index (χ2n) is 8.78. The molecular formula is C23H35F2N3O4. The van der Waals surface area contributed by atoms with Crippen molar-refractivity contribution in [2.45, 2.75) is 65.6 Å². The van der Waals surface area contributed by atoms with Crippen LogP contribution in [-0.2, 0) is 9.59 Å². The molecule has 9 heteroatoms. The number of hydrogen-bond donors (Lipinski definition) is 1. The lowest BCUT2D eigenvalue weighted by Gasteiger charge is -2.36. The van der Waals surface area contributed by atoms with Gasteiger partial charge in [-0.25, -0.2) is 0 Å². The number of hydrogen-bond acceptors (Lipinski definition) is 5. The maximum absolute atomic E-state index is 12.7. The molecule has 0 aromatic heterocycles. The smallest absolute Gasteiger partial charge is 0.387 e. The molecule has 7 nitrogen and oxygen atoms in total. The van der Waals surface area contributed by atoms with Crippen LogP contribution in [0, 0.1) is 5.92 Å². The molecule has 0 bridgehead atoms. The van der Waals surface area contributed by atoms with Crippen LogP contribution in [0.25, 0.3) is 0 Å². The minimum atomic E-state index is -2.92. The number of nitrogens with zero attached hydrogens (tertiary/aromatic N) is 2. The summed E-state index contributed by atoms with van der Waals surface area (Å²) < 4.78 is 36.0. The molecule has 0 unspecified atom stereocenters. The van der Waals surface area contributed by atoms with E-state index < -0.39 is 12.5 Å². The summed E-state index contributed by atoms with van der Waals surface area (Å²) in [5, 5.41) is 0. The zero-order valence-corrected chi connectivity index (χ0v) is 19.2. The lowest BCUT2D eigenvalue weighted by molar-refractivity contribution is -0.135. The van der Waals surface area contributed by atoms with Crippen LogP contribution in [0.15, 0.2) is 18.2 Å². The van der Waals surface area contributed by atoms with Gasteiger partial charge in [0, 0.05) is 37.9 Å². The molecule has 2 aliphatic rings. The Morgan fingerprint density at radius 1 is 1.06 bits per heavy atom. The molecular weight excluding hydrogens is 420 g/mol. The van der Waals surface area contributed by atoms with Gasteiger partial charge in [-0.1, -0.05) is 20.8 Å². The molecule has 3 rings (SSSR count). The van der Waals surface area contributed by atoms with Gasteiger partial charge in [0.1, 0.15) is 6.42 Å². The molecule has 1 heterocycles. The fraction of sp³-hybridized carbons (Fsp3) is 0.652. The number of rotatable bonds is 7. The van der Waals surface area contributed by atoms with E-state index in [0.29, 0.717) is 31.9 Å². The molecule has 0 radical (unpaired) electrons. The zero-order chi connectivity index (χ0) is 23.7. The van der Waals surface area contributed by atoms with E-state index in [1.54, 1.807) is 17.0 Å². The minimum Gasteiger partial charge on any atom is -0.486 e. The minimum absolute atomic E-state index is 0.0125. The lowest BCUT2D eigenvalue weighted by atomic mass is 10.2. The fourth-order valence-electron chi connectivity index (χ4n) is 3.64. The highest BCUT2D eigenvalue weighted by Gasteiger charge is 2.24. The third-order valence-corrected chi connectivity index (χ3v) is 5.06. The van der Waals surface area contributed by atoms with Gasteiger partial charge < -0.3 is 25.0 Å². The predicted octanol–water partition coefficient (Wildman–Crippen LogP) is 3.80. The molecule has 1 aromatic rings. The summed E-state index contributed by atoms with van der Waals surface area (Å²) in [6, 6.07) is 4.92. The van der Waals surface area contributed by atoms with Crippen LogP contribution in [0.3, 0.4) is 0 Å². The molecule has 0 spiro atoms. The Balaban J connectivity index is 0.000000837. The molecule has 32 heavy (non-hydrogen) atoms. The second-order valence-corrected chi connectivity index (χ2v) is 8.78. The van der Waals surface area contributed by atoms with E-state index in [4.69, 9.17) is 10.5 Å². The summed E-state index contributed by atoms with van der Waals surface area (Å²) in [6.07, 6.45) is 3.66.